The molecule has 0 fully saturated rings. The largest absolute Gasteiger partial charge is 0.481 e. The highest BCUT2D eigenvalue weighted by Gasteiger charge is 2.07. The van der Waals surface area contributed by atoms with Crippen molar-refractivity contribution in [3.05, 3.63) is 33.3 Å². The number of benzene rings is 1. The summed E-state index contributed by atoms with van der Waals surface area (Å²) in [7, 11) is 0. The molecule has 0 spiro atoms. The number of carboxylic acids is 1. The number of halogens is 2. The van der Waals surface area contributed by atoms with Gasteiger partial charge < -0.3 is 10.4 Å². The van der Waals surface area contributed by atoms with Gasteiger partial charge in [-0.05, 0) is 47.0 Å². The Morgan fingerprint density at radius 1 is 1.33 bits per heavy atom. The highest BCUT2D eigenvalue weighted by Crippen LogP contribution is 2.23. The van der Waals surface area contributed by atoms with Crippen molar-refractivity contribution in [1.82, 2.24) is 5.32 Å². The lowest BCUT2D eigenvalue weighted by atomic mass is 10.2. The molecule has 0 aromatic heterocycles. The monoisotopic (exact) mass is 333 g/mol. The van der Waals surface area contributed by atoms with E-state index in [2.05, 4.69) is 21.2 Å². The van der Waals surface area contributed by atoms with E-state index in [0.717, 1.165) is 4.47 Å². The van der Waals surface area contributed by atoms with E-state index in [0.29, 0.717) is 30.0 Å². The Morgan fingerprint density at radius 2 is 2.06 bits per heavy atom. The normalized spacial score (nSPS) is 10.1. The minimum Gasteiger partial charge on any atom is -0.481 e. The molecule has 0 aliphatic rings. The number of hydrogen-bond acceptors (Lipinski definition) is 2. The summed E-state index contributed by atoms with van der Waals surface area (Å²) in [6.07, 6.45) is 1.32. The second-order valence-corrected chi connectivity index (χ2v) is 5.00. The zero-order valence-electron chi connectivity index (χ0n) is 9.58. The second kappa shape index (κ2) is 7.38. The summed E-state index contributed by atoms with van der Waals surface area (Å²) in [5.74, 6) is -1.03. The van der Waals surface area contributed by atoms with Gasteiger partial charge in [0.1, 0.15) is 0 Å². The number of unbranched alkanes of at least 4 members (excludes halogenated alkanes) is 1. The number of rotatable bonds is 6. The molecule has 0 heterocycles. The summed E-state index contributed by atoms with van der Waals surface area (Å²) in [6.45, 7) is 0.458. The lowest BCUT2D eigenvalue weighted by Crippen LogP contribution is -2.24. The number of hydrogen-bond donors (Lipinski definition) is 2. The first-order chi connectivity index (χ1) is 8.50. The SMILES string of the molecule is O=C(O)CCCCNC(=O)c1ccc(Br)c(Cl)c1. The quantitative estimate of drug-likeness (QED) is 0.786. The molecular formula is C12H13BrClNO3. The van der Waals surface area contributed by atoms with Crippen LogP contribution in [0.3, 0.4) is 0 Å². The van der Waals surface area contributed by atoms with Gasteiger partial charge in [-0.3, -0.25) is 9.59 Å². The van der Waals surface area contributed by atoms with Crippen LogP contribution in [0.25, 0.3) is 0 Å². The van der Waals surface area contributed by atoms with Crippen LogP contribution >= 0.6 is 27.5 Å². The third kappa shape index (κ3) is 5.06. The third-order valence-corrected chi connectivity index (χ3v) is 3.52. The average molecular weight is 335 g/mol. The zero-order chi connectivity index (χ0) is 13.5. The molecule has 1 aromatic carbocycles. The maximum atomic E-state index is 11.7. The first-order valence-electron chi connectivity index (χ1n) is 5.45. The first-order valence-corrected chi connectivity index (χ1v) is 6.63. The number of carbonyl (C=O) groups excluding carboxylic acids is 1. The molecule has 0 radical (unpaired) electrons. The van der Waals surface area contributed by atoms with Gasteiger partial charge in [-0.25, -0.2) is 0 Å². The molecule has 0 saturated heterocycles. The smallest absolute Gasteiger partial charge is 0.303 e. The van der Waals surface area contributed by atoms with Crippen molar-refractivity contribution in [1.29, 1.82) is 0 Å². The van der Waals surface area contributed by atoms with Crippen molar-refractivity contribution in [3.8, 4) is 0 Å². The van der Waals surface area contributed by atoms with Gasteiger partial charge in [0.15, 0.2) is 0 Å². The highest BCUT2D eigenvalue weighted by atomic mass is 79.9. The molecule has 1 rings (SSSR count). The first kappa shape index (κ1) is 15.0. The molecular weight excluding hydrogens is 321 g/mol. The van der Waals surface area contributed by atoms with Crippen LogP contribution in [0, 0.1) is 0 Å². The van der Waals surface area contributed by atoms with Crippen molar-refractivity contribution in [2.75, 3.05) is 6.54 Å². The van der Waals surface area contributed by atoms with Gasteiger partial charge in [0.25, 0.3) is 5.91 Å². The minimum atomic E-state index is -0.819. The van der Waals surface area contributed by atoms with E-state index in [-0.39, 0.29) is 12.3 Å². The van der Waals surface area contributed by atoms with E-state index >= 15 is 0 Å². The maximum Gasteiger partial charge on any atom is 0.303 e. The zero-order valence-corrected chi connectivity index (χ0v) is 11.9. The summed E-state index contributed by atoms with van der Waals surface area (Å²) < 4.78 is 0.738. The molecule has 0 bridgehead atoms. The molecule has 1 amide bonds. The van der Waals surface area contributed by atoms with Crippen LogP contribution in [0.4, 0.5) is 0 Å². The van der Waals surface area contributed by atoms with Crippen molar-refractivity contribution in [2.45, 2.75) is 19.3 Å². The number of amides is 1. The summed E-state index contributed by atoms with van der Waals surface area (Å²) in [6, 6.07) is 4.96. The van der Waals surface area contributed by atoms with Gasteiger partial charge >= 0.3 is 5.97 Å². The van der Waals surface area contributed by atoms with E-state index in [1.54, 1.807) is 18.2 Å². The van der Waals surface area contributed by atoms with Gasteiger partial charge in [0, 0.05) is 23.0 Å². The summed E-state index contributed by atoms with van der Waals surface area (Å²) in [5.41, 5.74) is 0.487. The third-order valence-electron chi connectivity index (χ3n) is 2.28. The standard InChI is InChI=1S/C12H13BrClNO3/c13-9-5-4-8(7-10(9)14)12(18)15-6-2-1-3-11(16)17/h4-5,7H,1-3,6H2,(H,15,18)(H,16,17). The number of carbonyl (C=O) groups is 2. The average Bonchev–Trinajstić information content (AvgIpc) is 2.31. The predicted molar refractivity (Wildman–Crippen MR) is 73.0 cm³/mol. The van der Waals surface area contributed by atoms with E-state index in [1.165, 1.54) is 0 Å². The molecule has 0 saturated carbocycles. The molecule has 4 nitrogen and oxygen atoms in total. The fourth-order valence-corrected chi connectivity index (χ4v) is 1.77. The van der Waals surface area contributed by atoms with E-state index in [4.69, 9.17) is 16.7 Å². The van der Waals surface area contributed by atoms with Crippen molar-refractivity contribution < 1.29 is 14.7 Å². The van der Waals surface area contributed by atoms with Crippen LogP contribution < -0.4 is 5.32 Å². The second-order valence-electron chi connectivity index (χ2n) is 3.74. The van der Waals surface area contributed by atoms with Crippen LogP contribution in [0.5, 0.6) is 0 Å². The van der Waals surface area contributed by atoms with Crippen LogP contribution in [-0.4, -0.2) is 23.5 Å². The molecule has 1 aromatic rings. The Bertz CT molecular complexity index is 451. The van der Waals surface area contributed by atoms with Crippen molar-refractivity contribution in [3.63, 3.8) is 0 Å². The fourth-order valence-electron chi connectivity index (χ4n) is 1.34. The Morgan fingerprint density at radius 3 is 2.67 bits per heavy atom. The van der Waals surface area contributed by atoms with Gasteiger partial charge in [-0.2, -0.15) is 0 Å². The van der Waals surface area contributed by atoms with Gasteiger partial charge in [-0.1, -0.05) is 11.6 Å². The summed E-state index contributed by atoms with van der Waals surface area (Å²) >= 11 is 9.13. The molecule has 0 aliphatic heterocycles. The van der Waals surface area contributed by atoms with Crippen molar-refractivity contribution >= 4 is 39.4 Å². The lowest BCUT2D eigenvalue weighted by Gasteiger charge is -2.05. The molecule has 2 N–H and O–H groups in total. The van der Waals surface area contributed by atoms with E-state index in [1.807, 2.05) is 0 Å². The van der Waals surface area contributed by atoms with Crippen LogP contribution in [-0.2, 0) is 4.79 Å². The van der Waals surface area contributed by atoms with Crippen LogP contribution in [0.1, 0.15) is 29.6 Å². The highest BCUT2D eigenvalue weighted by molar-refractivity contribution is 9.10. The van der Waals surface area contributed by atoms with Crippen LogP contribution in [0.2, 0.25) is 5.02 Å². The Hall–Kier alpha value is -1.07. The summed E-state index contributed by atoms with van der Waals surface area (Å²) in [4.78, 5) is 22.0. The van der Waals surface area contributed by atoms with Crippen LogP contribution in [0.15, 0.2) is 22.7 Å². The van der Waals surface area contributed by atoms with Crippen molar-refractivity contribution in [2.24, 2.45) is 0 Å². The van der Waals surface area contributed by atoms with Gasteiger partial charge in [-0.15, -0.1) is 0 Å². The molecule has 0 unspecified atom stereocenters. The Balaban J connectivity index is 2.36. The maximum absolute atomic E-state index is 11.7. The Labute approximate surface area is 118 Å². The van der Waals surface area contributed by atoms with E-state index in [9.17, 15) is 9.59 Å². The Kier molecular flexibility index (Phi) is 6.15. The van der Waals surface area contributed by atoms with Gasteiger partial charge in [0.2, 0.25) is 0 Å². The molecule has 98 valence electrons. The molecule has 0 atom stereocenters. The summed E-state index contributed by atoms with van der Waals surface area (Å²) in [5, 5.41) is 11.6. The molecule has 18 heavy (non-hydrogen) atoms. The molecule has 0 aliphatic carbocycles. The lowest BCUT2D eigenvalue weighted by molar-refractivity contribution is -0.137. The predicted octanol–water partition coefficient (Wildman–Crippen LogP) is 3.09. The van der Waals surface area contributed by atoms with Gasteiger partial charge in [0.05, 0.1) is 5.02 Å². The number of nitrogens with one attached hydrogen (secondary N) is 1. The fraction of sp³-hybridized carbons (Fsp3) is 0.333. The number of carboxylic acid groups (broad SMARTS) is 1. The molecule has 6 heteroatoms. The number of aliphatic carboxylic acids is 1. The van der Waals surface area contributed by atoms with E-state index < -0.39 is 5.97 Å². The minimum absolute atomic E-state index is 0.125. The topological polar surface area (TPSA) is 66.4 Å².